The molecule has 0 saturated heterocycles. The van der Waals surface area contributed by atoms with Gasteiger partial charge in [0.15, 0.2) is 0 Å². The summed E-state index contributed by atoms with van der Waals surface area (Å²) in [5, 5.41) is 0. The maximum absolute atomic E-state index is 6.20. The molecule has 3 heteroatoms. The molecule has 1 aliphatic carbocycles. The first-order valence-electron chi connectivity index (χ1n) is 7.20. The van der Waals surface area contributed by atoms with Crippen LogP contribution in [0.5, 0.6) is 11.5 Å². The Balaban J connectivity index is 2.16. The van der Waals surface area contributed by atoms with E-state index in [1.165, 1.54) is 12.8 Å². The van der Waals surface area contributed by atoms with Gasteiger partial charge in [-0.2, -0.15) is 0 Å². The molecule has 0 radical (unpaired) electrons. The van der Waals surface area contributed by atoms with Crippen LogP contribution in [0.3, 0.4) is 0 Å². The lowest BCUT2D eigenvalue weighted by Crippen LogP contribution is -2.25. The van der Waals surface area contributed by atoms with Gasteiger partial charge >= 0.3 is 0 Å². The third-order valence-electron chi connectivity index (χ3n) is 3.89. The van der Waals surface area contributed by atoms with Gasteiger partial charge in [0.25, 0.3) is 0 Å². The maximum Gasteiger partial charge on any atom is 0.128 e. The quantitative estimate of drug-likeness (QED) is 0.901. The normalized spacial score (nSPS) is 24.8. The molecule has 1 saturated carbocycles. The summed E-state index contributed by atoms with van der Waals surface area (Å²) < 4.78 is 11.5. The third kappa shape index (κ3) is 3.63. The second-order valence-electron chi connectivity index (χ2n) is 5.70. The molecule has 1 fully saturated rings. The van der Waals surface area contributed by atoms with Gasteiger partial charge in [0.1, 0.15) is 11.5 Å². The van der Waals surface area contributed by atoms with Gasteiger partial charge in [-0.15, -0.1) is 0 Å². The lowest BCUT2D eigenvalue weighted by Gasteiger charge is -2.28. The van der Waals surface area contributed by atoms with Gasteiger partial charge in [-0.3, -0.25) is 0 Å². The molecule has 3 atom stereocenters. The van der Waals surface area contributed by atoms with Crippen LogP contribution in [0.4, 0.5) is 0 Å². The van der Waals surface area contributed by atoms with E-state index in [1.807, 2.05) is 25.1 Å². The number of benzene rings is 1. The zero-order valence-corrected chi connectivity index (χ0v) is 12.2. The first-order chi connectivity index (χ1) is 9.10. The average molecular weight is 263 g/mol. The van der Waals surface area contributed by atoms with E-state index in [9.17, 15) is 0 Å². The Kier molecular flexibility index (Phi) is 4.70. The SMILES string of the molecule is COc1ccc([C@H](C)N)c(OC2CCCC(C)C2)c1. The lowest BCUT2D eigenvalue weighted by molar-refractivity contribution is 0.127. The molecule has 0 spiro atoms. The summed E-state index contributed by atoms with van der Waals surface area (Å²) in [7, 11) is 1.67. The number of nitrogens with two attached hydrogens (primary N) is 1. The van der Waals surface area contributed by atoms with Crippen LogP contribution in [0.2, 0.25) is 0 Å². The second kappa shape index (κ2) is 6.29. The number of hydrogen-bond donors (Lipinski definition) is 1. The fourth-order valence-corrected chi connectivity index (χ4v) is 2.78. The van der Waals surface area contributed by atoms with Crippen molar-refractivity contribution in [2.75, 3.05) is 7.11 Å². The number of ether oxygens (including phenoxy) is 2. The first kappa shape index (κ1) is 14.2. The van der Waals surface area contributed by atoms with Gasteiger partial charge in [-0.25, -0.2) is 0 Å². The molecule has 2 rings (SSSR count). The van der Waals surface area contributed by atoms with Crippen LogP contribution >= 0.6 is 0 Å². The van der Waals surface area contributed by atoms with Crippen molar-refractivity contribution >= 4 is 0 Å². The Morgan fingerprint density at radius 2 is 2.11 bits per heavy atom. The van der Waals surface area contributed by atoms with Crippen LogP contribution in [0, 0.1) is 5.92 Å². The molecule has 1 aromatic carbocycles. The van der Waals surface area contributed by atoms with E-state index < -0.39 is 0 Å². The van der Waals surface area contributed by atoms with Crippen molar-refractivity contribution in [3.8, 4) is 11.5 Å². The molecule has 1 aromatic rings. The summed E-state index contributed by atoms with van der Waals surface area (Å²) >= 11 is 0. The lowest BCUT2D eigenvalue weighted by atomic mass is 9.88. The van der Waals surface area contributed by atoms with Crippen LogP contribution in [-0.4, -0.2) is 13.2 Å². The molecule has 3 nitrogen and oxygen atoms in total. The molecule has 106 valence electrons. The van der Waals surface area contributed by atoms with Crippen molar-refractivity contribution in [1.82, 2.24) is 0 Å². The fourth-order valence-electron chi connectivity index (χ4n) is 2.78. The van der Waals surface area contributed by atoms with E-state index in [0.717, 1.165) is 35.8 Å². The van der Waals surface area contributed by atoms with E-state index >= 15 is 0 Å². The van der Waals surface area contributed by atoms with E-state index in [1.54, 1.807) is 7.11 Å². The summed E-state index contributed by atoms with van der Waals surface area (Å²) in [6.07, 6.45) is 5.16. The summed E-state index contributed by atoms with van der Waals surface area (Å²) in [4.78, 5) is 0. The average Bonchev–Trinajstić information content (AvgIpc) is 2.38. The summed E-state index contributed by atoms with van der Waals surface area (Å²) in [6, 6.07) is 5.87. The summed E-state index contributed by atoms with van der Waals surface area (Å²) in [5.41, 5.74) is 7.07. The molecule has 2 unspecified atom stereocenters. The van der Waals surface area contributed by atoms with Crippen molar-refractivity contribution in [3.05, 3.63) is 23.8 Å². The summed E-state index contributed by atoms with van der Waals surface area (Å²) in [6.45, 7) is 4.28. The van der Waals surface area contributed by atoms with Crippen LogP contribution in [0.1, 0.15) is 51.1 Å². The molecule has 19 heavy (non-hydrogen) atoms. The molecule has 0 aliphatic heterocycles. The smallest absolute Gasteiger partial charge is 0.128 e. The van der Waals surface area contributed by atoms with Crippen LogP contribution in [0.25, 0.3) is 0 Å². The Morgan fingerprint density at radius 1 is 1.32 bits per heavy atom. The van der Waals surface area contributed by atoms with E-state index in [4.69, 9.17) is 15.2 Å². The minimum absolute atomic E-state index is 0.0260. The highest BCUT2D eigenvalue weighted by molar-refractivity contribution is 5.42. The molecule has 0 heterocycles. The highest BCUT2D eigenvalue weighted by Gasteiger charge is 2.22. The van der Waals surface area contributed by atoms with E-state index in [-0.39, 0.29) is 6.04 Å². The van der Waals surface area contributed by atoms with Gasteiger partial charge in [-0.1, -0.05) is 19.4 Å². The topological polar surface area (TPSA) is 44.5 Å². The fraction of sp³-hybridized carbons (Fsp3) is 0.625. The largest absolute Gasteiger partial charge is 0.497 e. The van der Waals surface area contributed by atoms with Crippen molar-refractivity contribution in [1.29, 1.82) is 0 Å². The van der Waals surface area contributed by atoms with Crippen LogP contribution in [-0.2, 0) is 0 Å². The van der Waals surface area contributed by atoms with E-state index in [2.05, 4.69) is 6.92 Å². The van der Waals surface area contributed by atoms with Crippen LogP contribution < -0.4 is 15.2 Å². The van der Waals surface area contributed by atoms with E-state index in [0.29, 0.717) is 6.10 Å². The minimum atomic E-state index is -0.0260. The zero-order chi connectivity index (χ0) is 13.8. The Hall–Kier alpha value is -1.22. The van der Waals surface area contributed by atoms with Crippen molar-refractivity contribution in [2.45, 2.75) is 51.7 Å². The van der Waals surface area contributed by atoms with Crippen molar-refractivity contribution in [2.24, 2.45) is 11.7 Å². The minimum Gasteiger partial charge on any atom is -0.497 e. The van der Waals surface area contributed by atoms with Gasteiger partial charge in [0, 0.05) is 17.7 Å². The number of rotatable bonds is 4. The maximum atomic E-state index is 6.20. The molecule has 0 aromatic heterocycles. The first-order valence-corrected chi connectivity index (χ1v) is 7.20. The standard InChI is InChI=1S/C16H25NO2/c1-11-5-4-6-14(9-11)19-16-10-13(18-3)7-8-15(16)12(2)17/h7-8,10-12,14H,4-6,9,17H2,1-3H3/t11?,12-,14?/m0/s1. The number of methoxy groups -OCH3 is 1. The predicted octanol–water partition coefficient (Wildman–Crippen LogP) is 3.67. The van der Waals surface area contributed by atoms with Gasteiger partial charge < -0.3 is 15.2 Å². The Morgan fingerprint density at radius 3 is 2.74 bits per heavy atom. The summed E-state index contributed by atoms with van der Waals surface area (Å²) in [5.74, 6) is 2.46. The molecule has 2 N–H and O–H groups in total. The highest BCUT2D eigenvalue weighted by Crippen LogP contribution is 2.33. The predicted molar refractivity (Wildman–Crippen MR) is 77.6 cm³/mol. The van der Waals surface area contributed by atoms with Crippen LogP contribution in [0.15, 0.2) is 18.2 Å². The van der Waals surface area contributed by atoms with Gasteiger partial charge in [0.05, 0.1) is 13.2 Å². The van der Waals surface area contributed by atoms with Gasteiger partial charge in [-0.05, 0) is 38.2 Å². The van der Waals surface area contributed by atoms with Gasteiger partial charge in [0.2, 0.25) is 0 Å². The van der Waals surface area contributed by atoms with Crippen molar-refractivity contribution in [3.63, 3.8) is 0 Å². The number of hydrogen-bond acceptors (Lipinski definition) is 3. The highest BCUT2D eigenvalue weighted by atomic mass is 16.5. The Bertz CT molecular complexity index is 417. The molecular weight excluding hydrogens is 238 g/mol. The monoisotopic (exact) mass is 263 g/mol. The third-order valence-corrected chi connectivity index (χ3v) is 3.89. The Labute approximate surface area is 116 Å². The molecular formula is C16H25NO2. The zero-order valence-electron chi connectivity index (χ0n) is 12.2. The molecule has 1 aliphatic rings. The molecule has 0 bridgehead atoms. The second-order valence-corrected chi connectivity index (χ2v) is 5.70. The van der Waals surface area contributed by atoms with Crippen molar-refractivity contribution < 1.29 is 9.47 Å². The molecule has 0 amide bonds.